The molecule has 0 aromatic heterocycles. The predicted octanol–water partition coefficient (Wildman–Crippen LogP) is 1.03. The second-order valence-electron chi connectivity index (χ2n) is 3.90. The van der Waals surface area contributed by atoms with Crippen molar-refractivity contribution < 1.29 is 9.84 Å². The molecule has 1 aliphatic carbocycles. The first-order valence-electron chi connectivity index (χ1n) is 4.78. The maximum absolute atomic E-state index is 9.28. The Balaban J connectivity index is 2.63. The summed E-state index contributed by atoms with van der Waals surface area (Å²) in [7, 11) is 1.66. The summed E-state index contributed by atoms with van der Waals surface area (Å²) in [6.07, 6.45) is 5.89. The van der Waals surface area contributed by atoms with Gasteiger partial charge in [0.05, 0.1) is 20.0 Å². The molecule has 0 aromatic rings. The summed E-state index contributed by atoms with van der Waals surface area (Å²) in [5, 5.41) is 9.28. The molecule has 3 heteroatoms. The van der Waals surface area contributed by atoms with Gasteiger partial charge in [0.2, 0.25) is 0 Å². The van der Waals surface area contributed by atoms with Gasteiger partial charge in [0.1, 0.15) is 0 Å². The van der Waals surface area contributed by atoms with E-state index in [0.717, 1.165) is 25.7 Å². The highest BCUT2D eigenvalue weighted by atomic mass is 16.5. The van der Waals surface area contributed by atoms with Crippen LogP contribution in [0, 0.1) is 5.41 Å². The summed E-state index contributed by atoms with van der Waals surface area (Å²) in [5.41, 5.74) is 6.87. The Hall–Kier alpha value is -0.540. The van der Waals surface area contributed by atoms with Crippen LogP contribution in [0.1, 0.15) is 25.7 Å². The lowest BCUT2D eigenvalue weighted by molar-refractivity contribution is 0.106. The molecule has 1 aliphatic rings. The summed E-state index contributed by atoms with van der Waals surface area (Å²) < 4.78 is 4.98. The molecular weight excluding hydrogens is 166 g/mol. The Morgan fingerprint density at radius 3 is 3.00 bits per heavy atom. The van der Waals surface area contributed by atoms with Gasteiger partial charge in [-0.05, 0) is 31.3 Å². The maximum atomic E-state index is 9.28. The molecule has 1 atom stereocenters. The zero-order valence-corrected chi connectivity index (χ0v) is 8.25. The van der Waals surface area contributed by atoms with Gasteiger partial charge in [-0.15, -0.1) is 0 Å². The van der Waals surface area contributed by atoms with E-state index in [2.05, 4.69) is 0 Å². The molecular formula is C10H19NO2. The van der Waals surface area contributed by atoms with Crippen LogP contribution in [0.4, 0.5) is 0 Å². The monoisotopic (exact) mass is 185 g/mol. The molecule has 13 heavy (non-hydrogen) atoms. The first-order valence-corrected chi connectivity index (χ1v) is 4.78. The number of aliphatic hydroxyl groups is 1. The minimum absolute atomic E-state index is 0.0807. The Morgan fingerprint density at radius 2 is 2.46 bits per heavy atom. The van der Waals surface area contributed by atoms with Gasteiger partial charge in [-0.2, -0.15) is 0 Å². The van der Waals surface area contributed by atoms with Crippen molar-refractivity contribution >= 4 is 0 Å². The fourth-order valence-corrected chi connectivity index (χ4v) is 1.99. The van der Waals surface area contributed by atoms with Crippen molar-refractivity contribution in [2.24, 2.45) is 11.1 Å². The van der Waals surface area contributed by atoms with E-state index < -0.39 is 0 Å². The number of rotatable bonds is 3. The first kappa shape index (κ1) is 10.5. The van der Waals surface area contributed by atoms with Gasteiger partial charge in [0, 0.05) is 12.0 Å². The third-order valence-corrected chi connectivity index (χ3v) is 2.86. The zero-order valence-electron chi connectivity index (χ0n) is 8.25. The average Bonchev–Trinajstić information content (AvgIpc) is 2.19. The summed E-state index contributed by atoms with van der Waals surface area (Å²) in [6.45, 7) is 0.745. The molecule has 0 saturated heterocycles. The highest BCUT2D eigenvalue weighted by molar-refractivity contribution is 5.07. The quantitative estimate of drug-likeness (QED) is 0.646. The number of hydrogen-bond donors (Lipinski definition) is 2. The minimum Gasteiger partial charge on any atom is -0.504 e. The second kappa shape index (κ2) is 4.63. The molecule has 1 rings (SSSR count). The van der Waals surface area contributed by atoms with Gasteiger partial charge in [-0.3, -0.25) is 0 Å². The maximum Gasteiger partial charge on any atom is 0.0816 e. The molecule has 3 nitrogen and oxygen atoms in total. The van der Waals surface area contributed by atoms with Gasteiger partial charge in [-0.1, -0.05) is 0 Å². The van der Waals surface area contributed by atoms with Crippen LogP contribution in [0.3, 0.4) is 0 Å². The third kappa shape index (κ3) is 2.45. The number of aliphatic hydroxyl groups excluding tert-OH is 1. The lowest BCUT2D eigenvalue weighted by atomic mass is 9.73. The summed E-state index contributed by atoms with van der Waals surface area (Å²) in [6, 6.07) is 0. The summed E-state index contributed by atoms with van der Waals surface area (Å²) in [4.78, 5) is 0. The van der Waals surface area contributed by atoms with Crippen LogP contribution in [0.15, 0.2) is 11.8 Å². The molecule has 0 aliphatic heterocycles. The van der Waals surface area contributed by atoms with Crippen LogP contribution in [-0.2, 0) is 4.74 Å². The summed E-state index contributed by atoms with van der Waals surface area (Å²) >= 11 is 0. The summed E-state index contributed by atoms with van der Waals surface area (Å²) in [5.74, 6) is 0. The van der Waals surface area contributed by atoms with Crippen molar-refractivity contribution in [1.82, 2.24) is 0 Å². The van der Waals surface area contributed by atoms with Gasteiger partial charge >= 0.3 is 0 Å². The Morgan fingerprint density at radius 1 is 1.69 bits per heavy atom. The standard InChI is InChI=1S/C10H19NO2/c1-13-6-9-3-2-4-10(5-9,7-11)8-12/h6,12H,2-5,7-8,11H2,1H3/b9-6-. The molecule has 1 saturated carbocycles. The average molecular weight is 185 g/mol. The van der Waals surface area contributed by atoms with Crippen molar-refractivity contribution in [2.75, 3.05) is 20.3 Å². The Kier molecular flexibility index (Phi) is 3.75. The molecule has 0 amide bonds. The largest absolute Gasteiger partial charge is 0.504 e. The molecule has 0 bridgehead atoms. The van der Waals surface area contributed by atoms with E-state index in [-0.39, 0.29) is 12.0 Å². The first-order chi connectivity index (χ1) is 6.26. The SMILES string of the molecule is CO/C=C1/CCCC(CN)(CO)C1. The van der Waals surface area contributed by atoms with Crippen LogP contribution >= 0.6 is 0 Å². The van der Waals surface area contributed by atoms with Crippen molar-refractivity contribution in [3.8, 4) is 0 Å². The van der Waals surface area contributed by atoms with Crippen LogP contribution in [-0.4, -0.2) is 25.4 Å². The molecule has 0 spiro atoms. The second-order valence-corrected chi connectivity index (χ2v) is 3.90. The van der Waals surface area contributed by atoms with Gasteiger partial charge in [-0.25, -0.2) is 0 Å². The Bertz CT molecular complexity index is 185. The molecule has 3 N–H and O–H groups in total. The van der Waals surface area contributed by atoms with Gasteiger partial charge < -0.3 is 15.6 Å². The molecule has 0 heterocycles. The molecule has 1 unspecified atom stereocenters. The lowest BCUT2D eigenvalue weighted by Gasteiger charge is -2.35. The zero-order chi connectivity index (χ0) is 9.73. The van der Waals surface area contributed by atoms with Crippen molar-refractivity contribution in [2.45, 2.75) is 25.7 Å². The van der Waals surface area contributed by atoms with Crippen molar-refractivity contribution in [3.05, 3.63) is 11.8 Å². The molecule has 76 valence electrons. The lowest BCUT2D eigenvalue weighted by Crippen LogP contribution is -2.36. The highest BCUT2D eigenvalue weighted by Crippen LogP contribution is 2.37. The van der Waals surface area contributed by atoms with E-state index >= 15 is 0 Å². The minimum atomic E-state index is -0.0807. The van der Waals surface area contributed by atoms with E-state index in [4.69, 9.17) is 10.5 Å². The van der Waals surface area contributed by atoms with Crippen LogP contribution < -0.4 is 5.73 Å². The van der Waals surface area contributed by atoms with E-state index in [1.807, 2.05) is 0 Å². The van der Waals surface area contributed by atoms with Gasteiger partial charge in [0.15, 0.2) is 0 Å². The number of methoxy groups -OCH3 is 1. The Labute approximate surface area is 79.6 Å². The highest BCUT2D eigenvalue weighted by Gasteiger charge is 2.32. The van der Waals surface area contributed by atoms with Crippen molar-refractivity contribution in [3.63, 3.8) is 0 Å². The topological polar surface area (TPSA) is 55.5 Å². The number of allylic oxidation sites excluding steroid dienone is 1. The van der Waals surface area contributed by atoms with Gasteiger partial charge in [0.25, 0.3) is 0 Å². The van der Waals surface area contributed by atoms with Crippen LogP contribution in [0.25, 0.3) is 0 Å². The molecule has 1 fully saturated rings. The van der Waals surface area contributed by atoms with Crippen LogP contribution in [0.5, 0.6) is 0 Å². The fourth-order valence-electron chi connectivity index (χ4n) is 1.99. The predicted molar refractivity (Wildman–Crippen MR) is 52.1 cm³/mol. The van der Waals surface area contributed by atoms with E-state index in [9.17, 15) is 5.11 Å². The van der Waals surface area contributed by atoms with E-state index in [0.29, 0.717) is 6.54 Å². The molecule has 0 radical (unpaired) electrons. The number of hydrogen-bond acceptors (Lipinski definition) is 3. The fraction of sp³-hybridized carbons (Fsp3) is 0.800. The van der Waals surface area contributed by atoms with Crippen LogP contribution in [0.2, 0.25) is 0 Å². The number of nitrogens with two attached hydrogens (primary N) is 1. The molecule has 0 aromatic carbocycles. The normalized spacial score (nSPS) is 32.1. The van der Waals surface area contributed by atoms with E-state index in [1.54, 1.807) is 13.4 Å². The number of ether oxygens (including phenoxy) is 1. The van der Waals surface area contributed by atoms with Crippen molar-refractivity contribution in [1.29, 1.82) is 0 Å². The smallest absolute Gasteiger partial charge is 0.0816 e. The third-order valence-electron chi connectivity index (χ3n) is 2.86. The van der Waals surface area contributed by atoms with E-state index in [1.165, 1.54) is 5.57 Å².